The van der Waals surface area contributed by atoms with Gasteiger partial charge in [-0.25, -0.2) is 0 Å². The third-order valence-corrected chi connectivity index (χ3v) is 9.99. The molecule has 0 radical (unpaired) electrons. The summed E-state index contributed by atoms with van der Waals surface area (Å²) in [5.41, 5.74) is -2.60. The number of rotatable bonds is 14. The maximum Gasteiger partial charge on any atom is 0.249 e. The van der Waals surface area contributed by atoms with Gasteiger partial charge in [-0.2, -0.15) is 0 Å². The van der Waals surface area contributed by atoms with E-state index in [2.05, 4.69) is 47.8 Å². The van der Waals surface area contributed by atoms with Crippen molar-refractivity contribution < 1.29 is 24.2 Å². The van der Waals surface area contributed by atoms with Gasteiger partial charge in [-0.15, -0.1) is 13.2 Å². The summed E-state index contributed by atoms with van der Waals surface area (Å²) >= 11 is 0. The summed E-state index contributed by atoms with van der Waals surface area (Å²) in [4.78, 5) is 49.2. The van der Waals surface area contributed by atoms with Gasteiger partial charge in [-0.05, 0) is 57.8 Å². The first kappa shape index (κ1) is 34.3. The second-order valence-electron chi connectivity index (χ2n) is 15.0. The summed E-state index contributed by atoms with van der Waals surface area (Å²) in [5, 5.41) is 10.7. The molecule has 8 nitrogen and oxygen atoms in total. The lowest BCUT2D eigenvalue weighted by Crippen LogP contribution is -2.63. The fourth-order valence-corrected chi connectivity index (χ4v) is 8.41. The van der Waals surface area contributed by atoms with Crippen molar-refractivity contribution in [3.8, 4) is 0 Å². The van der Waals surface area contributed by atoms with Crippen LogP contribution >= 0.6 is 0 Å². The predicted molar refractivity (Wildman–Crippen MR) is 167 cm³/mol. The molecule has 0 aromatic rings. The summed E-state index contributed by atoms with van der Waals surface area (Å²) < 4.78 is 6.91. The van der Waals surface area contributed by atoms with Gasteiger partial charge in [0.25, 0.3) is 0 Å². The van der Waals surface area contributed by atoms with E-state index in [-0.39, 0.29) is 35.7 Å². The summed E-state index contributed by atoms with van der Waals surface area (Å²) in [6.07, 6.45) is 6.77. The third-order valence-electron chi connectivity index (χ3n) is 9.99. The molecule has 0 aromatic heterocycles. The molecule has 2 unspecified atom stereocenters. The van der Waals surface area contributed by atoms with Crippen molar-refractivity contribution in [2.75, 3.05) is 26.2 Å². The molecule has 3 heterocycles. The molecule has 42 heavy (non-hydrogen) atoms. The Morgan fingerprint density at radius 1 is 1.12 bits per heavy atom. The Morgan fingerprint density at radius 2 is 1.74 bits per heavy atom. The van der Waals surface area contributed by atoms with Gasteiger partial charge in [-0.1, -0.05) is 60.1 Å². The topological polar surface area (TPSA) is 90.4 Å². The molecule has 0 aliphatic carbocycles. The van der Waals surface area contributed by atoms with Crippen LogP contribution in [0.2, 0.25) is 0 Å². The van der Waals surface area contributed by atoms with Gasteiger partial charge in [0.05, 0.1) is 30.1 Å². The number of hydrogen-bond acceptors (Lipinski definition) is 5. The van der Waals surface area contributed by atoms with Crippen LogP contribution in [-0.4, -0.2) is 92.6 Å². The first-order valence-electron chi connectivity index (χ1n) is 16.0. The molecule has 8 heteroatoms. The van der Waals surface area contributed by atoms with Crippen LogP contribution in [0.3, 0.4) is 0 Å². The average Bonchev–Trinajstić information content (AvgIpc) is 3.46. The number of carbonyl (C=O) groups is 3. The van der Waals surface area contributed by atoms with Crippen molar-refractivity contribution in [3.05, 3.63) is 25.3 Å². The molecule has 3 saturated heterocycles. The first-order chi connectivity index (χ1) is 19.5. The van der Waals surface area contributed by atoms with E-state index in [0.717, 1.165) is 19.3 Å². The molecule has 1 spiro atoms. The smallest absolute Gasteiger partial charge is 0.249 e. The number of carbonyl (C=O) groups excluding carboxylic acids is 3. The molecular formula is C34H57N3O5. The van der Waals surface area contributed by atoms with Crippen LogP contribution in [0, 0.1) is 23.2 Å². The number of ether oxygens (including phenoxy) is 1. The highest BCUT2D eigenvalue weighted by Gasteiger charge is 2.79. The van der Waals surface area contributed by atoms with E-state index in [1.807, 2.05) is 32.6 Å². The van der Waals surface area contributed by atoms with Crippen LogP contribution in [0.1, 0.15) is 94.4 Å². The van der Waals surface area contributed by atoms with E-state index in [0.29, 0.717) is 32.5 Å². The van der Waals surface area contributed by atoms with Gasteiger partial charge in [0.1, 0.15) is 11.6 Å². The van der Waals surface area contributed by atoms with Crippen LogP contribution in [0.5, 0.6) is 0 Å². The van der Waals surface area contributed by atoms with Gasteiger partial charge in [0, 0.05) is 25.2 Å². The quantitative estimate of drug-likeness (QED) is 0.295. The lowest BCUT2D eigenvalue weighted by atomic mass is 9.66. The molecule has 0 saturated carbocycles. The summed E-state index contributed by atoms with van der Waals surface area (Å²) in [5.74, 6) is -2.13. The SMILES string of the molecule is C=CCN(CCC)C(=O)[C@H]1[C@H]2C(=O)N([C@@H](CO)[C@@H](C)CC)C(C(=O)N(CC=C)C(C)(C)CC(C)(C)C)C23CC[C@]1(C)O3. The summed E-state index contributed by atoms with van der Waals surface area (Å²) in [6, 6.07) is -1.52. The molecule has 1 N–H and O–H groups in total. The van der Waals surface area contributed by atoms with E-state index in [1.54, 1.807) is 22.0 Å². The second-order valence-corrected chi connectivity index (χ2v) is 15.0. The minimum absolute atomic E-state index is 0.0548. The van der Waals surface area contributed by atoms with E-state index in [1.165, 1.54) is 0 Å². The number of aliphatic hydroxyl groups is 1. The second kappa shape index (κ2) is 12.4. The standard InChI is InChI=1S/C34H57N3O5/c1-12-18-35(19-13-2)28(39)25-26-29(40)37(24(21-38)23(5)15-4)27(34(26)17-16-33(25,11)42-34)30(41)36(20-14-3)32(9,10)22-31(6,7)8/h12,14,23-27,38H,1,3,13,15-22H2,2,4-11H3/t23-,24-,25+,26-,27?,33-,34?/m0/s1. The Hall–Kier alpha value is -2.19. The Bertz CT molecular complexity index is 1050. The predicted octanol–water partition coefficient (Wildman–Crippen LogP) is 4.81. The minimum Gasteiger partial charge on any atom is -0.394 e. The van der Waals surface area contributed by atoms with Crippen molar-refractivity contribution in [1.29, 1.82) is 0 Å². The Labute approximate surface area is 254 Å². The number of amides is 3. The molecule has 2 bridgehead atoms. The Balaban J connectivity index is 2.22. The number of fused-ring (bicyclic) bond motifs is 1. The highest BCUT2D eigenvalue weighted by atomic mass is 16.5. The zero-order valence-corrected chi connectivity index (χ0v) is 27.7. The Kier molecular flexibility index (Phi) is 10.2. The highest BCUT2D eigenvalue weighted by molar-refractivity contribution is 5.99. The van der Waals surface area contributed by atoms with Crippen molar-refractivity contribution in [2.24, 2.45) is 23.2 Å². The zero-order valence-electron chi connectivity index (χ0n) is 27.7. The minimum atomic E-state index is -1.15. The van der Waals surface area contributed by atoms with E-state index < -0.39 is 40.7 Å². The number of likely N-dealkylation sites (tertiary alicyclic amines) is 1. The van der Waals surface area contributed by atoms with Gasteiger partial charge in [0.2, 0.25) is 17.7 Å². The van der Waals surface area contributed by atoms with E-state index in [9.17, 15) is 14.7 Å². The van der Waals surface area contributed by atoms with Crippen molar-refractivity contribution in [2.45, 2.75) is 123 Å². The van der Waals surface area contributed by atoms with Gasteiger partial charge in [0.15, 0.2) is 0 Å². The largest absolute Gasteiger partial charge is 0.394 e. The van der Waals surface area contributed by atoms with E-state index >= 15 is 4.79 Å². The summed E-state index contributed by atoms with van der Waals surface area (Å²) in [7, 11) is 0. The maximum atomic E-state index is 15.0. The van der Waals surface area contributed by atoms with E-state index in [4.69, 9.17) is 4.74 Å². The van der Waals surface area contributed by atoms with Crippen LogP contribution in [0.15, 0.2) is 25.3 Å². The molecule has 238 valence electrons. The molecule has 3 aliphatic heterocycles. The van der Waals surface area contributed by atoms with Gasteiger partial charge >= 0.3 is 0 Å². The fraction of sp³-hybridized carbons (Fsp3) is 0.794. The Morgan fingerprint density at radius 3 is 2.24 bits per heavy atom. The van der Waals surface area contributed by atoms with Gasteiger partial charge < -0.3 is 24.5 Å². The lowest BCUT2D eigenvalue weighted by molar-refractivity contribution is -0.161. The molecule has 3 fully saturated rings. The molecule has 3 amide bonds. The number of hydrogen-bond donors (Lipinski definition) is 1. The number of nitrogens with zero attached hydrogens (tertiary/aromatic N) is 3. The zero-order chi connectivity index (χ0) is 31.8. The molecular weight excluding hydrogens is 530 g/mol. The molecule has 7 atom stereocenters. The third kappa shape index (κ3) is 5.82. The normalized spacial score (nSPS) is 30.2. The maximum absolute atomic E-state index is 15.0. The first-order valence-corrected chi connectivity index (χ1v) is 16.0. The molecule has 3 aliphatic rings. The average molecular weight is 588 g/mol. The molecule has 0 aromatic carbocycles. The lowest BCUT2D eigenvalue weighted by Gasteiger charge is -2.47. The van der Waals surface area contributed by atoms with Crippen LogP contribution in [-0.2, 0) is 19.1 Å². The molecule has 3 rings (SSSR count). The van der Waals surface area contributed by atoms with Crippen LogP contribution in [0.4, 0.5) is 0 Å². The van der Waals surface area contributed by atoms with Crippen molar-refractivity contribution in [1.82, 2.24) is 14.7 Å². The monoisotopic (exact) mass is 587 g/mol. The summed E-state index contributed by atoms with van der Waals surface area (Å²) in [6.45, 7) is 27.4. The number of aliphatic hydroxyl groups excluding tert-OH is 1. The van der Waals surface area contributed by atoms with Gasteiger partial charge in [-0.3, -0.25) is 14.4 Å². The fourth-order valence-electron chi connectivity index (χ4n) is 8.41. The van der Waals surface area contributed by atoms with Crippen molar-refractivity contribution >= 4 is 17.7 Å². The van der Waals surface area contributed by atoms with Crippen molar-refractivity contribution in [3.63, 3.8) is 0 Å². The van der Waals surface area contributed by atoms with Crippen LogP contribution < -0.4 is 0 Å². The highest BCUT2D eigenvalue weighted by Crippen LogP contribution is 2.64. The van der Waals surface area contributed by atoms with Crippen LogP contribution in [0.25, 0.3) is 0 Å².